The first kappa shape index (κ1) is 16.6. The number of sulfonamides is 1. The van der Waals surface area contributed by atoms with Gasteiger partial charge in [0.15, 0.2) is 0 Å². The summed E-state index contributed by atoms with van der Waals surface area (Å²) < 4.78 is 61.9. The number of nitrogens with two attached hydrogens (primary N) is 1. The Morgan fingerprint density at radius 2 is 1.70 bits per heavy atom. The number of nitrogen functional groups attached to an aromatic ring is 1. The number of aryl methyl sites for hydroxylation is 2. The predicted molar refractivity (Wildman–Crippen MR) is 73.0 cm³/mol. The SMILES string of the molecule is Cc1cc(N)cc(C)c1NS(=O)(=O)CCCC(F)(F)F. The summed E-state index contributed by atoms with van der Waals surface area (Å²) in [5, 5.41) is 0. The van der Waals surface area contributed by atoms with Crippen LogP contribution in [0.5, 0.6) is 0 Å². The molecule has 4 nitrogen and oxygen atoms in total. The van der Waals surface area contributed by atoms with Crippen LogP contribution in [0.1, 0.15) is 24.0 Å². The van der Waals surface area contributed by atoms with E-state index < -0.39 is 34.8 Å². The van der Waals surface area contributed by atoms with Crippen molar-refractivity contribution in [3.8, 4) is 0 Å². The van der Waals surface area contributed by atoms with E-state index in [0.717, 1.165) is 0 Å². The molecule has 0 aliphatic rings. The van der Waals surface area contributed by atoms with Crippen molar-refractivity contribution in [3.05, 3.63) is 23.3 Å². The Hall–Kier alpha value is -1.44. The molecule has 114 valence electrons. The van der Waals surface area contributed by atoms with Crippen molar-refractivity contribution in [2.75, 3.05) is 16.2 Å². The number of rotatable bonds is 5. The molecule has 3 N–H and O–H groups in total. The molecular weight excluding hydrogens is 293 g/mol. The van der Waals surface area contributed by atoms with Gasteiger partial charge in [0.25, 0.3) is 0 Å². The van der Waals surface area contributed by atoms with Gasteiger partial charge in [-0.3, -0.25) is 4.72 Å². The molecule has 20 heavy (non-hydrogen) atoms. The first-order chi connectivity index (χ1) is 9.00. The Kier molecular flexibility index (Phi) is 4.90. The fraction of sp³-hybridized carbons (Fsp3) is 0.500. The van der Waals surface area contributed by atoms with Crippen LogP contribution in [0, 0.1) is 13.8 Å². The van der Waals surface area contributed by atoms with E-state index in [1.54, 1.807) is 26.0 Å². The smallest absolute Gasteiger partial charge is 0.389 e. The molecule has 0 spiro atoms. The maximum absolute atomic E-state index is 12.0. The van der Waals surface area contributed by atoms with Crippen LogP contribution >= 0.6 is 0 Å². The van der Waals surface area contributed by atoms with Gasteiger partial charge in [0.2, 0.25) is 10.0 Å². The van der Waals surface area contributed by atoms with E-state index in [-0.39, 0.29) is 0 Å². The number of alkyl halides is 3. The fourth-order valence-corrected chi connectivity index (χ4v) is 3.09. The molecular formula is C12H17F3N2O2S. The number of hydrogen-bond donors (Lipinski definition) is 2. The second kappa shape index (κ2) is 5.90. The number of hydrogen-bond acceptors (Lipinski definition) is 3. The highest BCUT2D eigenvalue weighted by molar-refractivity contribution is 7.92. The Morgan fingerprint density at radius 1 is 1.20 bits per heavy atom. The van der Waals surface area contributed by atoms with E-state index in [2.05, 4.69) is 4.72 Å². The third kappa shape index (κ3) is 5.28. The molecule has 8 heteroatoms. The summed E-state index contributed by atoms with van der Waals surface area (Å²) in [5.74, 6) is -0.574. The normalized spacial score (nSPS) is 12.4. The van der Waals surface area contributed by atoms with Crippen molar-refractivity contribution in [1.29, 1.82) is 0 Å². The Labute approximate surface area is 116 Å². The molecule has 1 aromatic carbocycles. The van der Waals surface area contributed by atoms with Gasteiger partial charge < -0.3 is 5.73 Å². The van der Waals surface area contributed by atoms with Crippen LogP contribution in [0.4, 0.5) is 24.5 Å². The van der Waals surface area contributed by atoms with Crippen LogP contribution in [0.3, 0.4) is 0 Å². The molecule has 0 unspecified atom stereocenters. The number of halogens is 3. The lowest BCUT2D eigenvalue weighted by Gasteiger charge is -2.14. The quantitative estimate of drug-likeness (QED) is 0.821. The van der Waals surface area contributed by atoms with Crippen LogP contribution in [0.2, 0.25) is 0 Å². The standard InChI is InChI=1S/C12H17F3N2O2S/c1-8-6-10(16)7-9(2)11(8)17-20(18,19)5-3-4-12(13,14)15/h6-7,17H,3-5,16H2,1-2H3. The zero-order valence-electron chi connectivity index (χ0n) is 11.2. The third-order valence-corrected chi connectivity index (χ3v) is 4.03. The lowest BCUT2D eigenvalue weighted by Crippen LogP contribution is -2.20. The Bertz CT molecular complexity index is 560. The highest BCUT2D eigenvalue weighted by Gasteiger charge is 2.27. The lowest BCUT2D eigenvalue weighted by atomic mass is 10.1. The summed E-state index contributed by atoms with van der Waals surface area (Å²) in [6, 6.07) is 3.20. The van der Waals surface area contributed by atoms with E-state index in [9.17, 15) is 21.6 Å². The Morgan fingerprint density at radius 3 is 2.15 bits per heavy atom. The van der Waals surface area contributed by atoms with E-state index in [1.807, 2.05) is 0 Å². The van der Waals surface area contributed by atoms with Gasteiger partial charge in [0.05, 0.1) is 11.4 Å². The largest absolute Gasteiger partial charge is 0.399 e. The van der Waals surface area contributed by atoms with Crippen LogP contribution < -0.4 is 10.5 Å². The minimum atomic E-state index is -4.34. The lowest BCUT2D eigenvalue weighted by molar-refractivity contribution is -0.134. The van der Waals surface area contributed by atoms with Gasteiger partial charge in [-0.1, -0.05) is 0 Å². The van der Waals surface area contributed by atoms with Gasteiger partial charge in [-0.25, -0.2) is 8.42 Å². The van der Waals surface area contributed by atoms with Gasteiger partial charge in [0, 0.05) is 12.1 Å². The third-order valence-electron chi connectivity index (χ3n) is 2.69. The molecule has 1 aromatic rings. The Balaban J connectivity index is 2.77. The molecule has 0 aliphatic carbocycles. The van der Waals surface area contributed by atoms with Crippen molar-refractivity contribution in [1.82, 2.24) is 0 Å². The molecule has 0 bridgehead atoms. The van der Waals surface area contributed by atoms with Crippen LogP contribution in [0.25, 0.3) is 0 Å². The van der Waals surface area contributed by atoms with Crippen molar-refractivity contribution in [3.63, 3.8) is 0 Å². The summed E-state index contributed by atoms with van der Waals surface area (Å²) in [6.45, 7) is 3.36. The summed E-state index contributed by atoms with van der Waals surface area (Å²) in [6.07, 6.45) is -5.93. The fourth-order valence-electron chi connectivity index (χ4n) is 1.83. The van der Waals surface area contributed by atoms with Crippen molar-refractivity contribution in [2.24, 2.45) is 0 Å². The van der Waals surface area contributed by atoms with Crippen LogP contribution in [-0.2, 0) is 10.0 Å². The number of nitrogens with one attached hydrogen (secondary N) is 1. The molecule has 0 aliphatic heterocycles. The van der Waals surface area contributed by atoms with Crippen LogP contribution in [-0.4, -0.2) is 20.3 Å². The first-order valence-corrected chi connectivity index (χ1v) is 7.59. The molecule has 0 aromatic heterocycles. The van der Waals surface area contributed by atoms with Gasteiger partial charge >= 0.3 is 6.18 Å². The zero-order valence-corrected chi connectivity index (χ0v) is 12.0. The monoisotopic (exact) mass is 310 g/mol. The van der Waals surface area contributed by atoms with Crippen LogP contribution in [0.15, 0.2) is 12.1 Å². The zero-order chi connectivity index (χ0) is 15.6. The van der Waals surface area contributed by atoms with Gasteiger partial charge in [-0.15, -0.1) is 0 Å². The number of anilines is 2. The van der Waals surface area contributed by atoms with Gasteiger partial charge in [-0.2, -0.15) is 13.2 Å². The molecule has 0 atom stereocenters. The average Bonchev–Trinajstić information content (AvgIpc) is 2.21. The molecule has 0 saturated heterocycles. The second-order valence-corrected chi connectivity index (χ2v) is 6.51. The molecule has 0 radical (unpaired) electrons. The van der Waals surface area contributed by atoms with Gasteiger partial charge in [-0.05, 0) is 43.5 Å². The van der Waals surface area contributed by atoms with Crippen molar-refractivity contribution < 1.29 is 21.6 Å². The summed E-state index contributed by atoms with van der Waals surface area (Å²) >= 11 is 0. The predicted octanol–water partition coefficient (Wildman–Crippen LogP) is 2.97. The summed E-state index contributed by atoms with van der Waals surface area (Å²) in [4.78, 5) is 0. The highest BCUT2D eigenvalue weighted by Crippen LogP contribution is 2.25. The van der Waals surface area contributed by atoms with Crippen molar-refractivity contribution in [2.45, 2.75) is 32.9 Å². The summed E-state index contributed by atoms with van der Waals surface area (Å²) in [5.41, 5.74) is 7.74. The average molecular weight is 310 g/mol. The summed E-state index contributed by atoms with van der Waals surface area (Å²) in [7, 11) is -3.81. The molecule has 1 rings (SSSR count). The topological polar surface area (TPSA) is 72.2 Å². The first-order valence-electron chi connectivity index (χ1n) is 5.94. The van der Waals surface area contributed by atoms with Gasteiger partial charge in [0.1, 0.15) is 0 Å². The van der Waals surface area contributed by atoms with E-state index in [4.69, 9.17) is 5.73 Å². The maximum atomic E-state index is 12.0. The van der Waals surface area contributed by atoms with E-state index in [0.29, 0.717) is 22.5 Å². The maximum Gasteiger partial charge on any atom is 0.389 e. The minimum absolute atomic E-state index is 0.367. The minimum Gasteiger partial charge on any atom is -0.399 e. The highest BCUT2D eigenvalue weighted by atomic mass is 32.2. The number of benzene rings is 1. The van der Waals surface area contributed by atoms with Crippen molar-refractivity contribution >= 4 is 21.4 Å². The molecule has 0 heterocycles. The molecule has 0 saturated carbocycles. The molecule has 0 amide bonds. The second-order valence-electron chi connectivity index (χ2n) is 4.67. The van der Waals surface area contributed by atoms with E-state index in [1.165, 1.54) is 0 Å². The van der Waals surface area contributed by atoms with E-state index >= 15 is 0 Å². The molecule has 0 fully saturated rings.